The van der Waals surface area contributed by atoms with Crippen molar-refractivity contribution in [2.45, 2.75) is 37.8 Å². The number of hydrogen-bond acceptors (Lipinski definition) is 7. The summed E-state index contributed by atoms with van der Waals surface area (Å²) in [5, 5.41) is 3.72. The van der Waals surface area contributed by atoms with Gasteiger partial charge in [0.1, 0.15) is 12.1 Å². The highest BCUT2D eigenvalue weighted by molar-refractivity contribution is 6.31. The van der Waals surface area contributed by atoms with Crippen LogP contribution in [0.25, 0.3) is 10.9 Å². The second-order valence-corrected chi connectivity index (χ2v) is 10.6. The predicted octanol–water partition coefficient (Wildman–Crippen LogP) is 5.16. The Bertz CT molecular complexity index is 1330. The quantitative estimate of drug-likeness (QED) is 0.449. The molecule has 1 aliphatic carbocycles. The Morgan fingerprint density at radius 2 is 1.85 bits per heavy atom. The van der Waals surface area contributed by atoms with Gasteiger partial charge in [0.25, 0.3) is 0 Å². The molecule has 0 bridgehead atoms. The minimum atomic E-state index is -0.552. The van der Waals surface area contributed by atoms with Crippen LogP contribution in [0.2, 0.25) is 5.02 Å². The zero-order valence-corrected chi connectivity index (χ0v) is 23.2. The van der Waals surface area contributed by atoms with Gasteiger partial charge in [-0.3, -0.25) is 0 Å². The molecule has 2 fully saturated rings. The van der Waals surface area contributed by atoms with Crippen LogP contribution in [-0.2, 0) is 0 Å². The van der Waals surface area contributed by atoms with Gasteiger partial charge in [0.2, 0.25) is 0 Å². The number of anilines is 2. The van der Waals surface area contributed by atoms with Crippen LogP contribution in [0, 0.1) is 5.82 Å². The lowest BCUT2D eigenvalue weighted by Crippen LogP contribution is -2.53. The summed E-state index contributed by atoms with van der Waals surface area (Å²) in [7, 11) is 5.59. The Balaban J connectivity index is 1.28. The molecule has 1 aromatic heterocycles. The van der Waals surface area contributed by atoms with Gasteiger partial charge < -0.3 is 29.5 Å². The highest BCUT2D eigenvalue weighted by Gasteiger charge is 2.31. The average molecular weight is 557 g/mol. The maximum absolute atomic E-state index is 14.5. The van der Waals surface area contributed by atoms with Gasteiger partial charge in [0.05, 0.1) is 29.4 Å². The number of rotatable bonds is 6. The van der Waals surface area contributed by atoms with Gasteiger partial charge in [-0.1, -0.05) is 17.7 Å². The SMILES string of the molecule is COc1cc2ncnc(Nc3cccc(Cl)c3F)c2cc1OC1CCC(N(C)C(=O)N2CCN(C)CC2)CC1. The Morgan fingerprint density at radius 3 is 2.56 bits per heavy atom. The minimum absolute atomic E-state index is 0.0221. The number of likely N-dealkylation sites (N-methyl/N-ethyl adjacent to an activating group) is 1. The van der Waals surface area contributed by atoms with Crippen molar-refractivity contribution in [3.05, 3.63) is 47.5 Å². The maximum atomic E-state index is 14.5. The molecule has 39 heavy (non-hydrogen) atoms. The fourth-order valence-corrected chi connectivity index (χ4v) is 5.42. The van der Waals surface area contributed by atoms with Crippen molar-refractivity contribution in [1.29, 1.82) is 0 Å². The standard InChI is InChI=1S/C28H34ClFN6O3/c1-34-11-13-36(14-12-34)28(37)35(2)18-7-9-19(10-8-18)39-25-15-20-23(16-24(25)38-3)31-17-32-27(20)33-22-6-4-5-21(29)26(22)30/h4-6,15-19H,7-14H2,1-3H3,(H,31,32,33). The van der Waals surface area contributed by atoms with Crippen molar-refractivity contribution < 1.29 is 18.7 Å². The van der Waals surface area contributed by atoms with E-state index in [-0.39, 0.29) is 28.9 Å². The van der Waals surface area contributed by atoms with Gasteiger partial charge >= 0.3 is 6.03 Å². The lowest BCUT2D eigenvalue weighted by atomic mass is 9.92. The van der Waals surface area contributed by atoms with Gasteiger partial charge in [-0.2, -0.15) is 0 Å². The molecule has 1 N–H and O–H groups in total. The monoisotopic (exact) mass is 556 g/mol. The highest BCUT2D eigenvalue weighted by Crippen LogP contribution is 2.37. The molecule has 1 aliphatic heterocycles. The number of urea groups is 1. The topological polar surface area (TPSA) is 83.1 Å². The number of amides is 2. The third-order valence-electron chi connectivity index (χ3n) is 7.69. The van der Waals surface area contributed by atoms with Crippen LogP contribution in [0.4, 0.5) is 20.7 Å². The summed E-state index contributed by atoms with van der Waals surface area (Å²) in [6, 6.07) is 8.67. The second-order valence-electron chi connectivity index (χ2n) is 10.2. The number of hydrogen-bond donors (Lipinski definition) is 1. The summed E-state index contributed by atoms with van der Waals surface area (Å²) in [4.78, 5) is 27.8. The van der Waals surface area contributed by atoms with Crippen molar-refractivity contribution in [3.63, 3.8) is 0 Å². The summed E-state index contributed by atoms with van der Waals surface area (Å²) in [5.41, 5.74) is 0.848. The largest absolute Gasteiger partial charge is 0.493 e. The average Bonchev–Trinajstić information content (AvgIpc) is 2.95. The number of methoxy groups -OCH3 is 1. The number of halogens is 2. The molecule has 2 aromatic carbocycles. The second kappa shape index (κ2) is 11.8. The fraction of sp³-hybridized carbons (Fsp3) is 0.464. The van der Waals surface area contributed by atoms with Gasteiger partial charge in [-0.15, -0.1) is 0 Å². The first kappa shape index (κ1) is 27.2. The Morgan fingerprint density at radius 1 is 1.10 bits per heavy atom. The molecule has 208 valence electrons. The molecule has 1 saturated heterocycles. The van der Waals surface area contributed by atoms with E-state index in [1.165, 1.54) is 12.4 Å². The molecule has 1 saturated carbocycles. The lowest BCUT2D eigenvalue weighted by Gasteiger charge is -2.39. The van der Waals surface area contributed by atoms with Crippen LogP contribution < -0.4 is 14.8 Å². The third kappa shape index (κ3) is 5.96. The van der Waals surface area contributed by atoms with E-state index >= 15 is 0 Å². The maximum Gasteiger partial charge on any atom is 0.320 e. The number of fused-ring (bicyclic) bond motifs is 1. The number of carbonyl (C=O) groups excluding carboxylic acids is 1. The minimum Gasteiger partial charge on any atom is -0.493 e. The highest BCUT2D eigenvalue weighted by atomic mass is 35.5. The number of piperazine rings is 1. The number of aromatic nitrogens is 2. The number of nitrogens with zero attached hydrogens (tertiary/aromatic N) is 5. The Hall–Kier alpha value is -3.37. The zero-order valence-electron chi connectivity index (χ0n) is 22.5. The van der Waals surface area contributed by atoms with Gasteiger partial charge in [0.15, 0.2) is 17.3 Å². The Labute approximate surface area is 232 Å². The first-order valence-corrected chi connectivity index (χ1v) is 13.6. The van der Waals surface area contributed by atoms with Crippen LogP contribution >= 0.6 is 11.6 Å². The van der Waals surface area contributed by atoms with Crippen molar-refractivity contribution in [1.82, 2.24) is 24.7 Å². The van der Waals surface area contributed by atoms with E-state index in [0.29, 0.717) is 28.2 Å². The molecule has 5 rings (SSSR count). The molecule has 0 radical (unpaired) electrons. The van der Waals surface area contributed by atoms with Crippen LogP contribution in [0.3, 0.4) is 0 Å². The first-order valence-electron chi connectivity index (χ1n) is 13.2. The van der Waals surface area contributed by atoms with Crippen molar-refractivity contribution in [2.75, 3.05) is 52.7 Å². The predicted molar refractivity (Wildman–Crippen MR) is 150 cm³/mol. The van der Waals surface area contributed by atoms with Crippen LogP contribution in [0.5, 0.6) is 11.5 Å². The number of nitrogens with one attached hydrogen (secondary N) is 1. The summed E-state index contributed by atoms with van der Waals surface area (Å²) < 4.78 is 26.6. The number of benzene rings is 2. The van der Waals surface area contributed by atoms with Gasteiger partial charge in [0, 0.05) is 50.7 Å². The lowest BCUT2D eigenvalue weighted by molar-refractivity contribution is 0.0845. The summed E-state index contributed by atoms with van der Waals surface area (Å²) in [6.45, 7) is 3.35. The normalized spacial score (nSPS) is 20.1. The summed E-state index contributed by atoms with van der Waals surface area (Å²) in [5.74, 6) is 1.01. The molecule has 2 amide bonds. The molecular formula is C28H34ClFN6O3. The van der Waals surface area contributed by atoms with E-state index < -0.39 is 5.82 Å². The van der Waals surface area contributed by atoms with E-state index in [1.807, 2.05) is 22.9 Å². The molecule has 9 nitrogen and oxygen atoms in total. The van der Waals surface area contributed by atoms with E-state index in [2.05, 4.69) is 27.2 Å². The summed E-state index contributed by atoms with van der Waals surface area (Å²) >= 11 is 5.95. The molecule has 2 aliphatic rings. The van der Waals surface area contributed by atoms with E-state index in [4.69, 9.17) is 21.1 Å². The van der Waals surface area contributed by atoms with Crippen molar-refractivity contribution in [3.8, 4) is 11.5 Å². The first-order chi connectivity index (χ1) is 18.8. The zero-order chi connectivity index (χ0) is 27.5. The molecule has 3 aromatic rings. The fourth-order valence-electron chi connectivity index (χ4n) is 5.25. The number of ether oxygens (including phenoxy) is 2. The van der Waals surface area contributed by atoms with Crippen LogP contribution in [0.1, 0.15) is 25.7 Å². The summed E-state index contributed by atoms with van der Waals surface area (Å²) in [6.07, 6.45) is 4.74. The van der Waals surface area contributed by atoms with Crippen LogP contribution in [0.15, 0.2) is 36.7 Å². The third-order valence-corrected chi connectivity index (χ3v) is 7.98. The van der Waals surface area contributed by atoms with E-state index in [0.717, 1.165) is 51.9 Å². The van der Waals surface area contributed by atoms with Crippen molar-refractivity contribution >= 4 is 40.0 Å². The molecule has 11 heteroatoms. The molecule has 2 heterocycles. The van der Waals surface area contributed by atoms with Gasteiger partial charge in [-0.05, 0) is 50.9 Å². The number of carbonyl (C=O) groups is 1. The van der Waals surface area contributed by atoms with E-state index in [1.54, 1.807) is 25.3 Å². The smallest absolute Gasteiger partial charge is 0.320 e. The molecular weight excluding hydrogens is 523 g/mol. The Kier molecular flexibility index (Phi) is 8.23. The van der Waals surface area contributed by atoms with Gasteiger partial charge in [-0.25, -0.2) is 19.2 Å². The molecule has 0 unspecified atom stereocenters. The molecule has 0 atom stereocenters. The molecule has 0 spiro atoms. The van der Waals surface area contributed by atoms with E-state index in [9.17, 15) is 9.18 Å². The van der Waals surface area contributed by atoms with Crippen LogP contribution in [-0.4, -0.2) is 90.2 Å². The van der Waals surface area contributed by atoms with Crippen molar-refractivity contribution in [2.24, 2.45) is 0 Å².